The van der Waals surface area contributed by atoms with E-state index >= 15 is 0 Å². The number of nitriles is 1. The van der Waals surface area contributed by atoms with Gasteiger partial charge in [-0.1, -0.05) is 0 Å². The second kappa shape index (κ2) is 8.28. The highest BCUT2D eigenvalue weighted by atomic mass is 32.2. The van der Waals surface area contributed by atoms with Gasteiger partial charge in [-0.25, -0.2) is 0 Å². The van der Waals surface area contributed by atoms with E-state index in [4.69, 9.17) is 10.00 Å². The number of hydrogen-bond acceptors (Lipinski definition) is 5. The average Bonchev–Trinajstić information content (AvgIpc) is 2.99. The van der Waals surface area contributed by atoms with Crippen LogP contribution < -0.4 is 10.1 Å². The standard InChI is InChI=1S/C16H22N2O2S/c1-21-16-7-4-13(8-16)18-10-14(19)11-20-15-5-2-12(9-17)3-6-15/h2-3,5-6,13-14,16,18-19H,4,7-8,10-11H2,1H3. The van der Waals surface area contributed by atoms with E-state index in [1.54, 1.807) is 24.3 Å². The van der Waals surface area contributed by atoms with Gasteiger partial charge in [-0.2, -0.15) is 17.0 Å². The van der Waals surface area contributed by atoms with Crippen LogP contribution in [-0.2, 0) is 0 Å². The van der Waals surface area contributed by atoms with Crippen molar-refractivity contribution in [2.75, 3.05) is 19.4 Å². The molecule has 0 spiro atoms. The molecule has 5 heteroatoms. The van der Waals surface area contributed by atoms with Crippen LogP contribution in [0.3, 0.4) is 0 Å². The van der Waals surface area contributed by atoms with E-state index in [1.165, 1.54) is 19.3 Å². The maximum atomic E-state index is 9.95. The predicted molar refractivity (Wildman–Crippen MR) is 85.6 cm³/mol. The van der Waals surface area contributed by atoms with Crippen LogP contribution in [-0.4, -0.2) is 41.9 Å². The first-order chi connectivity index (χ1) is 10.2. The molecule has 3 unspecified atom stereocenters. The molecule has 0 radical (unpaired) electrons. The van der Waals surface area contributed by atoms with Crippen LogP contribution in [0.1, 0.15) is 24.8 Å². The summed E-state index contributed by atoms with van der Waals surface area (Å²) < 4.78 is 5.52. The Morgan fingerprint density at radius 1 is 1.43 bits per heavy atom. The molecule has 0 aromatic heterocycles. The van der Waals surface area contributed by atoms with Crippen LogP contribution in [0.4, 0.5) is 0 Å². The summed E-state index contributed by atoms with van der Waals surface area (Å²) in [4.78, 5) is 0. The van der Waals surface area contributed by atoms with Gasteiger partial charge in [-0.15, -0.1) is 0 Å². The summed E-state index contributed by atoms with van der Waals surface area (Å²) in [5.41, 5.74) is 0.606. The second-order valence-electron chi connectivity index (χ2n) is 5.38. The smallest absolute Gasteiger partial charge is 0.119 e. The molecule has 114 valence electrons. The molecule has 1 aromatic rings. The fraction of sp³-hybridized carbons (Fsp3) is 0.562. The third kappa shape index (κ3) is 5.24. The van der Waals surface area contributed by atoms with Crippen molar-refractivity contribution in [3.63, 3.8) is 0 Å². The minimum Gasteiger partial charge on any atom is -0.491 e. The van der Waals surface area contributed by atoms with Gasteiger partial charge < -0.3 is 15.2 Å². The first kappa shape index (κ1) is 16.2. The molecule has 2 rings (SSSR count). The number of ether oxygens (including phenoxy) is 1. The van der Waals surface area contributed by atoms with E-state index < -0.39 is 6.10 Å². The summed E-state index contributed by atoms with van der Waals surface area (Å²) in [5.74, 6) is 0.677. The molecule has 3 atom stereocenters. The largest absolute Gasteiger partial charge is 0.491 e. The first-order valence-corrected chi connectivity index (χ1v) is 8.57. The minimum absolute atomic E-state index is 0.261. The third-order valence-corrected chi connectivity index (χ3v) is 4.88. The Labute approximate surface area is 130 Å². The molecule has 0 heterocycles. The molecule has 1 aliphatic carbocycles. The minimum atomic E-state index is -0.519. The molecule has 1 fully saturated rings. The van der Waals surface area contributed by atoms with Crippen molar-refractivity contribution >= 4 is 11.8 Å². The molecule has 21 heavy (non-hydrogen) atoms. The van der Waals surface area contributed by atoms with E-state index in [0.717, 1.165) is 5.25 Å². The van der Waals surface area contributed by atoms with Crippen LogP contribution in [0.2, 0.25) is 0 Å². The van der Waals surface area contributed by atoms with E-state index in [9.17, 15) is 5.11 Å². The number of benzene rings is 1. The Hall–Kier alpha value is -1.22. The Kier molecular flexibility index (Phi) is 6.37. The van der Waals surface area contributed by atoms with Gasteiger partial charge in [-0.3, -0.25) is 0 Å². The van der Waals surface area contributed by atoms with Gasteiger partial charge >= 0.3 is 0 Å². The molecule has 1 aromatic carbocycles. The average molecular weight is 306 g/mol. The number of rotatable bonds is 7. The van der Waals surface area contributed by atoms with Crippen LogP contribution >= 0.6 is 11.8 Å². The zero-order valence-corrected chi connectivity index (χ0v) is 13.1. The SMILES string of the molecule is CSC1CCC(NCC(O)COc2ccc(C#N)cc2)C1. The van der Waals surface area contributed by atoms with E-state index in [2.05, 4.69) is 17.6 Å². The highest BCUT2D eigenvalue weighted by Gasteiger charge is 2.23. The molecular weight excluding hydrogens is 284 g/mol. The molecule has 1 aliphatic rings. The molecular formula is C16H22N2O2S. The number of nitrogens with zero attached hydrogens (tertiary/aromatic N) is 1. The lowest BCUT2D eigenvalue weighted by Gasteiger charge is -2.17. The third-order valence-electron chi connectivity index (χ3n) is 3.79. The molecule has 1 saturated carbocycles. The number of aliphatic hydroxyl groups is 1. The van der Waals surface area contributed by atoms with Gasteiger partial charge in [0.15, 0.2) is 0 Å². The van der Waals surface area contributed by atoms with Crippen molar-refractivity contribution in [2.24, 2.45) is 0 Å². The quantitative estimate of drug-likeness (QED) is 0.808. The fourth-order valence-corrected chi connectivity index (χ4v) is 3.32. The maximum Gasteiger partial charge on any atom is 0.119 e. The number of hydrogen-bond donors (Lipinski definition) is 2. The molecule has 2 N–H and O–H groups in total. The van der Waals surface area contributed by atoms with Gasteiger partial charge in [0, 0.05) is 17.8 Å². The Morgan fingerprint density at radius 3 is 2.81 bits per heavy atom. The van der Waals surface area contributed by atoms with Crippen molar-refractivity contribution < 1.29 is 9.84 Å². The monoisotopic (exact) mass is 306 g/mol. The zero-order chi connectivity index (χ0) is 15.1. The Balaban J connectivity index is 1.65. The van der Waals surface area contributed by atoms with Crippen LogP contribution in [0.25, 0.3) is 0 Å². The van der Waals surface area contributed by atoms with Crippen molar-refractivity contribution in [2.45, 2.75) is 36.7 Å². The lowest BCUT2D eigenvalue weighted by Crippen LogP contribution is -2.37. The lowest BCUT2D eigenvalue weighted by molar-refractivity contribution is 0.104. The van der Waals surface area contributed by atoms with Crippen molar-refractivity contribution in [1.29, 1.82) is 5.26 Å². The number of nitrogens with one attached hydrogen (secondary N) is 1. The summed E-state index contributed by atoms with van der Waals surface area (Å²) in [6, 6.07) is 9.50. The summed E-state index contributed by atoms with van der Waals surface area (Å²) in [6.45, 7) is 0.819. The number of thioether (sulfide) groups is 1. The van der Waals surface area contributed by atoms with Crippen molar-refractivity contribution in [1.82, 2.24) is 5.32 Å². The summed E-state index contributed by atoms with van der Waals surface area (Å²) in [5, 5.41) is 22.8. The summed E-state index contributed by atoms with van der Waals surface area (Å²) in [6.07, 6.45) is 5.28. The summed E-state index contributed by atoms with van der Waals surface area (Å²) >= 11 is 1.93. The number of aliphatic hydroxyl groups excluding tert-OH is 1. The van der Waals surface area contributed by atoms with Gasteiger partial charge in [0.2, 0.25) is 0 Å². The van der Waals surface area contributed by atoms with Crippen LogP contribution in [0, 0.1) is 11.3 Å². The predicted octanol–water partition coefficient (Wildman–Crippen LogP) is 2.17. The summed E-state index contributed by atoms with van der Waals surface area (Å²) in [7, 11) is 0. The van der Waals surface area contributed by atoms with E-state index in [-0.39, 0.29) is 6.61 Å². The Morgan fingerprint density at radius 2 is 2.19 bits per heavy atom. The van der Waals surface area contributed by atoms with Crippen LogP contribution in [0.15, 0.2) is 24.3 Å². The molecule has 0 aliphatic heterocycles. The molecule has 0 bridgehead atoms. The van der Waals surface area contributed by atoms with Gasteiger partial charge in [0.1, 0.15) is 18.5 Å². The highest BCUT2D eigenvalue weighted by Crippen LogP contribution is 2.28. The molecule has 4 nitrogen and oxygen atoms in total. The van der Waals surface area contributed by atoms with Crippen molar-refractivity contribution in [3.8, 4) is 11.8 Å². The fourth-order valence-electron chi connectivity index (χ4n) is 2.52. The zero-order valence-electron chi connectivity index (χ0n) is 12.3. The van der Waals surface area contributed by atoms with Crippen molar-refractivity contribution in [3.05, 3.63) is 29.8 Å². The Bertz CT molecular complexity index is 472. The van der Waals surface area contributed by atoms with Gasteiger partial charge in [-0.05, 0) is 49.8 Å². The van der Waals surface area contributed by atoms with E-state index in [0.29, 0.717) is 23.9 Å². The topological polar surface area (TPSA) is 65.3 Å². The van der Waals surface area contributed by atoms with Crippen LogP contribution in [0.5, 0.6) is 5.75 Å². The van der Waals surface area contributed by atoms with E-state index in [1.807, 2.05) is 11.8 Å². The second-order valence-corrected chi connectivity index (χ2v) is 6.52. The van der Waals surface area contributed by atoms with Gasteiger partial charge in [0.25, 0.3) is 0 Å². The highest BCUT2D eigenvalue weighted by molar-refractivity contribution is 7.99. The van der Waals surface area contributed by atoms with Gasteiger partial charge in [0.05, 0.1) is 11.6 Å². The molecule has 0 saturated heterocycles. The normalized spacial score (nSPS) is 22.7. The maximum absolute atomic E-state index is 9.95. The molecule has 0 amide bonds. The first-order valence-electron chi connectivity index (χ1n) is 7.28. The lowest BCUT2D eigenvalue weighted by atomic mass is 10.2.